The zero-order valence-electron chi connectivity index (χ0n) is 14.6. The number of hydrogen-bond donors (Lipinski definition) is 1. The molecule has 0 saturated carbocycles. The van der Waals surface area contributed by atoms with E-state index >= 15 is 0 Å². The molecule has 1 aromatic heterocycles. The summed E-state index contributed by atoms with van der Waals surface area (Å²) in [7, 11) is 0. The summed E-state index contributed by atoms with van der Waals surface area (Å²) in [5.41, 5.74) is 4.34. The molecular formula is C20H17N3O4. The highest BCUT2D eigenvalue weighted by Crippen LogP contribution is 2.31. The Bertz CT molecular complexity index is 1020. The summed E-state index contributed by atoms with van der Waals surface area (Å²) in [5.74, 6) is 0.466. The summed E-state index contributed by atoms with van der Waals surface area (Å²) < 4.78 is 11.1. The number of hydrazone groups is 1. The van der Waals surface area contributed by atoms with Gasteiger partial charge in [0.05, 0.1) is 5.69 Å². The molecule has 2 amide bonds. The van der Waals surface area contributed by atoms with Crippen molar-refractivity contribution < 1.29 is 18.7 Å². The van der Waals surface area contributed by atoms with Gasteiger partial charge in [-0.25, -0.2) is 5.43 Å². The van der Waals surface area contributed by atoms with Gasteiger partial charge in [-0.05, 0) is 31.2 Å². The first kappa shape index (κ1) is 16.8. The molecule has 0 unspecified atom stereocenters. The molecule has 3 aromatic rings. The van der Waals surface area contributed by atoms with E-state index < -0.39 is 5.91 Å². The van der Waals surface area contributed by atoms with Gasteiger partial charge in [-0.1, -0.05) is 30.3 Å². The maximum absolute atomic E-state index is 12.3. The molecule has 2 aromatic carbocycles. The van der Waals surface area contributed by atoms with Gasteiger partial charge in [0.15, 0.2) is 12.4 Å². The van der Waals surface area contributed by atoms with E-state index in [4.69, 9.17) is 9.15 Å². The molecule has 1 aliphatic heterocycles. The predicted molar refractivity (Wildman–Crippen MR) is 101 cm³/mol. The molecule has 0 aliphatic carbocycles. The van der Waals surface area contributed by atoms with Crippen LogP contribution in [0.5, 0.6) is 5.75 Å². The van der Waals surface area contributed by atoms with Crippen LogP contribution in [-0.2, 0) is 9.59 Å². The van der Waals surface area contributed by atoms with Crippen molar-refractivity contribution in [1.29, 1.82) is 0 Å². The Morgan fingerprint density at radius 1 is 1.19 bits per heavy atom. The van der Waals surface area contributed by atoms with Crippen LogP contribution in [0.15, 0.2) is 64.1 Å². The number of anilines is 1. The maximum Gasteiger partial charge on any atom is 0.265 e. The molecular weight excluding hydrogens is 346 g/mol. The van der Waals surface area contributed by atoms with E-state index in [1.165, 1.54) is 4.90 Å². The quantitative estimate of drug-likeness (QED) is 0.571. The summed E-state index contributed by atoms with van der Waals surface area (Å²) in [6, 6.07) is 16.6. The van der Waals surface area contributed by atoms with Crippen molar-refractivity contribution in [3.8, 4) is 5.75 Å². The van der Waals surface area contributed by atoms with Crippen LogP contribution >= 0.6 is 0 Å². The molecule has 1 N–H and O–H groups in total. The lowest BCUT2D eigenvalue weighted by Crippen LogP contribution is -2.44. The average molecular weight is 363 g/mol. The van der Waals surface area contributed by atoms with Crippen LogP contribution in [0.1, 0.15) is 12.7 Å². The van der Waals surface area contributed by atoms with Gasteiger partial charge < -0.3 is 9.15 Å². The van der Waals surface area contributed by atoms with Gasteiger partial charge in [-0.3, -0.25) is 14.5 Å². The molecule has 0 saturated heterocycles. The molecule has 27 heavy (non-hydrogen) atoms. The summed E-state index contributed by atoms with van der Waals surface area (Å²) in [6.45, 7) is 1.51. The second kappa shape index (κ2) is 6.95. The van der Waals surface area contributed by atoms with Crippen LogP contribution < -0.4 is 15.1 Å². The number of ether oxygens (including phenoxy) is 1. The second-order valence-corrected chi connectivity index (χ2v) is 6.12. The Balaban J connectivity index is 1.46. The van der Waals surface area contributed by atoms with Gasteiger partial charge in [0, 0.05) is 5.39 Å². The van der Waals surface area contributed by atoms with E-state index in [0.29, 0.717) is 22.9 Å². The van der Waals surface area contributed by atoms with Crippen LogP contribution in [0.25, 0.3) is 11.0 Å². The number of amides is 2. The standard InChI is InChI=1S/C20H17N3O4/c1-13(18-10-14-6-2-4-8-16(14)27-18)21-22-19(24)11-23-15-7-3-5-9-17(15)26-12-20(23)25/h2-10H,11-12H2,1H3,(H,22,24)/b21-13-. The zero-order chi connectivity index (χ0) is 18.8. The summed E-state index contributed by atoms with van der Waals surface area (Å²) >= 11 is 0. The lowest BCUT2D eigenvalue weighted by atomic mass is 10.2. The third-order valence-corrected chi connectivity index (χ3v) is 4.24. The normalized spacial score (nSPS) is 14.0. The first-order valence-corrected chi connectivity index (χ1v) is 8.46. The predicted octanol–water partition coefficient (Wildman–Crippen LogP) is 2.70. The minimum Gasteiger partial charge on any atom is -0.482 e. The highest BCUT2D eigenvalue weighted by atomic mass is 16.5. The number of para-hydroxylation sites is 3. The molecule has 0 atom stereocenters. The maximum atomic E-state index is 12.3. The highest BCUT2D eigenvalue weighted by Gasteiger charge is 2.26. The number of carbonyl (C=O) groups is 2. The SMILES string of the molecule is C/C(=N/NC(=O)CN1C(=O)COc2ccccc21)c1cc2ccccc2o1. The van der Waals surface area contributed by atoms with E-state index in [2.05, 4.69) is 10.5 Å². The topological polar surface area (TPSA) is 84.1 Å². The van der Waals surface area contributed by atoms with Crippen molar-refractivity contribution in [2.75, 3.05) is 18.1 Å². The lowest BCUT2D eigenvalue weighted by Gasteiger charge is -2.28. The molecule has 7 heteroatoms. The monoisotopic (exact) mass is 363 g/mol. The van der Waals surface area contributed by atoms with Crippen molar-refractivity contribution in [1.82, 2.24) is 5.43 Å². The Morgan fingerprint density at radius 3 is 2.81 bits per heavy atom. The number of nitrogens with zero attached hydrogens (tertiary/aromatic N) is 2. The highest BCUT2D eigenvalue weighted by molar-refractivity contribution is 6.03. The van der Waals surface area contributed by atoms with Crippen molar-refractivity contribution in [3.63, 3.8) is 0 Å². The van der Waals surface area contributed by atoms with Crippen molar-refractivity contribution >= 4 is 34.2 Å². The average Bonchev–Trinajstić information content (AvgIpc) is 3.13. The third-order valence-electron chi connectivity index (χ3n) is 4.24. The fourth-order valence-electron chi connectivity index (χ4n) is 2.87. The van der Waals surface area contributed by atoms with Crippen molar-refractivity contribution in [3.05, 3.63) is 60.4 Å². The van der Waals surface area contributed by atoms with Crippen LogP contribution in [0.4, 0.5) is 5.69 Å². The number of benzene rings is 2. The first-order chi connectivity index (χ1) is 13.1. The molecule has 2 heterocycles. The van der Waals surface area contributed by atoms with Gasteiger partial charge >= 0.3 is 0 Å². The fraction of sp³-hybridized carbons (Fsp3) is 0.150. The van der Waals surface area contributed by atoms with Gasteiger partial charge in [0.2, 0.25) is 0 Å². The Morgan fingerprint density at radius 2 is 1.96 bits per heavy atom. The summed E-state index contributed by atoms with van der Waals surface area (Å²) in [5, 5.41) is 5.05. The smallest absolute Gasteiger partial charge is 0.265 e. The second-order valence-electron chi connectivity index (χ2n) is 6.12. The van der Waals surface area contributed by atoms with E-state index in [1.54, 1.807) is 25.1 Å². The van der Waals surface area contributed by atoms with Crippen molar-refractivity contribution in [2.24, 2.45) is 5.10 Å². The molecule has 136 valence electrons. The Labute approximate surface area is 155 Å². The summed E-state index contributed by atoms with van der Waals surface area (Å²) in [4.78, 5) is 25.8. The minimum absolute atomic E-state index is 0.0917. The molecule has 4 rings (SSSR count). The fourth-order valence-corrected chi connectivity index (χ4v) is 2.87. The van der Waals surface area contributed by atoms with E-state index in [0.717, 1.165) is 11.0 Å². The Hall–Kier alpha value is -3.61. The van der Waals surface area contributed by atoms with Gasteiger partial charge in [-0.15, -0.1) is 0 Å². The van der Waals surface area contributed by atoms with E-state index in [1.807, 2.05) is 36.4 Å². The van der Waals surface area contributed by atoms with Crippen LogP contribution in [0.2, 0.25) is 0 Å². The summed E-state index contributed by atoms with van der Waals surface area (Å²) in [6.07, 6.45) is 0. The largest absolute Gasteiger partial charge is 0.482 e. The van der Waals surface area contributed by atoms with Gasteiger partial charge in [0.25, 0.3) is 11.8 Å². The van der Waals surface area contributed by atoms with Crippen LogP contribution in [0, 0.1) is 0 Å². The Kier molecular flexibility index (Phi) is 4.33. The van der Waals surface area contributed by atoms with Gasteiger partial charge in [0.1, 0.15) is 23.6 Å². The van der Waals surface area contributed by atoms with Crippen LogP contribution in [0.3, 0.4) is 0 Å². The molecule has 0 radical (unpaired) electrons. The van der Waals surface area contributed by atoms with Crippen LogP contribution in [-0.4, -0.2) is 30.7 Å². The number of carbonyl (C=O) groups excluding carboxylic acids is 2. The van der Waals surface area contributed by atoms with Gasteiger partial charge in [-0.2, -0.15) is 5.10 Å². The molecule has 0 spiro atoms. The minimum atomic E-state index is -0.407. The van der Waals surface area contributed by atoms with E-state index in [-0.39, 0.29) is 19.1 Å². The number of hydrogen-bond acceptors (Lipinski definition) is 5. The third kappa shape index (κ3) is 3.39. The zero-order valence-corrected chi connectivity index (χ0v) is 14.6. The number of furan rings is 1. The van der Waals surface area contributed by atoms with E-state index in [9.17, 15) is 9.59 Å². The number of fused-ring (bicyclic) bond motifs is 2. The first-order valence-electron chi connectivity index (χ1n) is 8.46. The van der Waals surface area contributed by atoms with Crippen molar-refractivity contribution in [2.45, 2.75) is 6.92 Å². The molecule has 7 nitrogen and oxygen atoms in total. The molecule has 0 fully saturated rings. The molecule has 0 bridgehead atoms. The number of nitrogens with one attached hydrogen (secondary N) is 1. The molecule has 1 aliphatic rings. The lowest BCUT2D eigenvalue weighted by molar-refractivity contribution is -0.125. The number of rotatable bonds is 4.